The molecule has 2 rings (SSSR count). The zero-order valence-corrected chi connectivity index (χ0v) is 12.8. The first kappa shape index (κ1) is 15.2. The van der Waals surface area contributed by atoms with Crippen molar-refractivity contribution in [1.29, 1.82) is 10.5 Å². The van der Waals surface area contributed by atoms with Gasteiger partial charge in [0.1, 0.15) is 0 Å². The van der Waals surface area contributed by atoms with Gasteiger partial charge in [-0.3, -0.25) is 5.32 Å². The van der Waals surface area contributed by atoms with Gasteiger partial charge in [-0.2, -0.15) is 10.5 Å². The highest BCUT2D eigenvalue weighted by atomic mass is 32.2. The fraction of sp³-hybridized carbons (Fsp3) is 0.400. The Bertz CT molecular complexity index is 605. The minimum atomic E-state index is 0.533. The Labute approximate surface area is 129 Å². The maximum atomic E-state index is 9.07. The third-order valence-electron chi connectivity index (χ3n) is 3.38. The molecule has 1 aromatic carbocycles. The lowest BCUT2D eigenvalue weighted by Gasteiger charge is -2.29. The van der Waals surface area contributed by atoms with Crippen LogP contribution >= 0.6 is 11.8 Å². The van der Waals surface area contributed by atoms with Gasteiger partial charge in [-0.05, 0) is 43.7 Å². The van der Waals surface area contributed by atoms with E-state index in [0.717, 1.165) is 24.5 Å². The predicted octanol–water partition coefficient (Wildman–Crippen LogP) is 2.97. The largest absolute Gasteiger partial charge is 0.370 e. The lowest BCUT2D eigenvalue weighted by molar-refractivity contribution is 0.578. The fourth-order valence-corrected chi connectivity index (χ4v) is 2.70. The van der Waals surface area contributed by atoms with E-state index < -0.39 is 0 Å². The van der Waals surface area contributed by atoms with Crippen molar-refractivity contribution in [2.45, 2.75) is 19.3 Å². The number of nitrogens with one attached hydrogen (secondary N) is 1. The van der Waals surface area contributed by atoms with Crippen LogP contribution in [0.1, 0.15) is 24.8 Å². The predicted molar refractivity (Wildman–Crippen MR) is 86.6 cm³/mol. The van der Waals surface area contributed by atoms with Gasteiger partial charge in [0.05, 0.1) is 23.0 Å². The van der Waals surface area contributed by atoms with E-state index in [9.17, 15) is 0 Å². The smallest absolute Gasteiger partial charge is 0.183 e. The molecule has 1 aliphatic heterocycles. The SMILES string of the molecule is CSC(=Nc1cc(C#N)ccc1N1CCCCC1)NC#N. The zero-order chi connectivity index (χ0) is 15.1. The van der Waals surface area contributed by atoms with E-state index in [1.54, 1.807) is 6.07 Å². The van der Waals surface area contributed by atoms with Crippen molar-refractivity contribution >= 4 is 28.3 Å². The van der Waals surface area contributed by atoms with Crippen molar-refractivity contribution in [2.75, 3.05) is 24.2 Å². The highest BCUT2D eigenvalue weighted by Gasteiger charge is 2.15. The average Bonchev–Trinajstić information content (AvgIpc) is 2.55. The van der Waals surface area contributed by atoms with Crippen LogP contribution in [-0.4, -0.2) is 24.5 Å². The van der Waals surface area contributed by atoms with Crippen LogP contribution in [0.5, 0.6) is 0 Å². The Morgan fingerprint density at radius 3 is 2.67 bits per heavy atom. The highest BCUT2D eigenvalue weighted by molar-refractivity contribution is 8.13. The van der Waals surface area contributed by atoms with Gasteiger partial charge in [0.15, 0.2) is 11.4 Å². The van der Waals surface area contributed by atoms with Gasteiger partial charge in [0.2, 0.25) is 0 Å². The number of aliphatic imine (C=N–C) groups is 1. The zero-order valence-electron chi connectivity index (χ0n) is 12.0. The summed E-state index contributed by atoms with van der Waals surface area (Å²) < 4.78 is 0. The molecule has 1 N–H and O–H groups in total. The molecule has 1 aliphatic rings. The molecule has 0 unspecified atom stereocenters. The van der Waals surface area contributed by atoms with E-state index in [2.05, 4.69) is 21.3 Å². The highest BCUT2D eigenvalue weighted by Crippen LogP contribution is 2.32. The number of piperidine rings is 1. The number of hydrogen-bond donors (Lipinski definition) is 1. The molecule has 0 amide bonds. The summed E-state index contributed by atoms with van der Waals surface area (Å²) in [6.45, 7) is 2.02. The number of hydrogen-bond acceptors (Lipinski definition) is 5. The molecule has 0 atom stereocenters. The Morgan fingerprint density at radius 1 is 1.29 bits per heavy atom. The van der Waals surface area contributed by atoms with Gasteiger partial charge >= 0.3 is 0 Å². The van der Waals surface area contributed by atoms with Crippen LogP contribution in [-0.2, 0) is 0 Å². The lowest BCUT2D eigenvalue weighted by atomic mass is 10.1. The summed E-state index contributed by atoms with van der Waals surface area (Å²) in [6.07, 6.45) is 7.36. The van der Waals surface area contributed by atoms with E-state index >= 15 is 0 Å². The molecule has 5 nitrogen and oxygen atoms in total. The molecule has 1 aromatic rings. The number of thioether (sulfide) groups is 1. The van der Waals surface area contributed by atoms with Crippen molar-refractivity contribution in [1.82, 2.24) is 5.32 Å². The molecule has 21 heavy (non-hydrogen) atoms. The third-order valence-corrected chi connectivity index (χ3v) is 3.96. The lowest BCUT2D eigenvalue weighted by Crippen LogP contribution is -2.29. The molecule has 0 bridgehead atoms. The van der Waals surface area contributed by atoms with Gasteiger partial charge in [0.25, 0.3) is 0 Å². The van der Waals surface area contributed by atoms with Crippen molar-refractivity contribution < 1.29 is 0 Å². The minimum absolute atomic E-state index is 0.533. The molecular formula is C15H17N5S. The molecule has 108 valence electrons. The Balaban J connectivity index is 2.40. The molecule has 1 saturated heterocycles. The van der Waals surface area contributed by atoms with Gasteiger partial charge < -0.3 is 4.90 Å². The first-order chi connectivity index (χ1) is 10.3. The van der Waals surface area contributed by atoms with Crippen molar-refractivity contribution in [2.24, 2.45) is 4.99 Å². The Hall–Kier alpha value is -2.18. The summed E-state index contributed by atoms with van der Waals surface area (Å²) in [5, 5.41) is 20.9. The fourth-order valence-electron chi connectivity index (χ4n) is 2.37. The topological polar surface area (TPSA) is 75.2 Å². The van der Waals surface area contributed by atoms with Crippen LogP contribution in [0, 0.1) is 22.8 Å². The van der Waals surface area contributed by atoms with Crippen LogP contribution in [0.25, 0.3) is 0 Å². The molecule has 0 saturated carbocycles. The third kappa shape index (κ3) is 3.90. The summed E-state index contributed by atoms with van der Waals surface area (Å²) in [6, 6.07) is 7.69. The second kappa shape index (κ2) is 7.56. The number of nitriles is 2. The van der Waals surface area contributed by atoms with E-state index in [-0.39, 0.29) is 0 Å². The monoisotopic (exact) mass is 299 g/mol. The maximum absolute atomic E-state index is 9.07. The number of rotatable bonds is 2. The first-order valence-corrected chi connectivity index (χ1v) is 8.08. The Morgan fingerprint density at radius 2 is 2.05 bits per heavy atom. The van der Waals surface area contributed by atoms with E-state index in [0.29, 0.717) is 10.7 Å². The van der Waals surface area contributed by atoms with Crippen molar-refractivity contribution in [3.63, 3.8) is 0 Å². The van der Waals surface area contributed by atoms with Gasteiger partial charge in [-0.1, -0.05) is 11.8 Å². The molecule has 1 heterocycles. The maximum Gasteiger partial charge on any atom is 0.183 e. The van der Waals surface area contributed by atoms with Crippen molar-refractivity contribution in [3.8, 4) is 12.3 Å². The van der Waals surface area contributed by atoms with E-state index in [1.165, 1.54) is 31.0 Å². The second-order valence-corrected chi connectivity index (χ2v) is 5.52. The van der Waals surface area contributed by atoms with Crippen molar-refractivity contribution in [3.05, 3.63) is 23.8 Å². The van der Waals surface area contributed by atoms with Gasteiger partial charge in [-0.25, -0.2) is 4.99 Å². The van der Waals surface area contributed by atoms with Gasteiger partial charge in [0, 0.05) is 13.1 Å². The number of nitrogens with zero attached hydrogens (tertiary/aromatic N) is 4. The Kier molecular flexibility index (Phi) is 5.48. The normalized spacial score (nSPS) is 15.2. The molecule has 0 radical (unpaired) electrons. The summed E-state index contributed by atoms with van der Waals surface area (Å²) in [7, 11) is 0. The van der Waals surface area contributed by atoms with E-state index in [4.69, 9.17) is 10.5 Å². The number of amidine groups is 1. The van der Waals surface area contributed by atoms with E-state index in [1.807, 2.05) is 24.6 Å². The standard InChI is InChI=1S/C15H17N5S/c1-21-15(18-11-17)19-13-9-12(10-16)5-6-14(13)20-7-3-2-4-8-20/h5-6,9H,2-4,7-8H2,1H3,(H,18,19). The van der Waals surface area contributed by atoms with Crippen LogP contribution < -0.4 is 10.2 Å². The summed E-state index contributed by atoms with van der Waals surface area (Å²) in [5.41, 5.74) is 2.34. The van der Waals surface area contributed by atoms with Crippen LogP contribution in [0.3, 0.4) is 0 Å². The molecule has 6 heteroatoms. The molecule has 0 aromatic heterocycles. The quantitative estimate of drug-likeness (QED) is 0.393. The molecular weight excluding hydrogens is 282 g/mol. The molecule has 0 aliphatic carbocycles. The molecule has 1 fully saturated rings. The first-order valence-electron chi connectivity index (χ1n) is 6.85. The number of anilines is 1. The number of benzene rings is 1. The minimum Gasteiger partial charge on any atom is -0.370 e. The molecule has 0 spiro atoms. The second-order valence-electron chi connectivity index (χ2n) is 4.72. The summed E-state index contributed by atoms with van der Waals surface area (Å²) in [5.74, 6) is 0. The van der Waals surface area contributed by atoms with Crippen LogP contribution in [0.4, 0.5) is 11.4 Å². The average molecular weight is 299 g/mol. The summed E-state index contributed by atoms with van der Waals surface area (Å²) >= 11 is 1.37. The van der Waals surface area contributed by atoms with Crippen LogP contribution in [0.2, 0.25) is 0 Å². The summed E-state index contributed by atoms with van der Waals surface area (Å²) in [4.78, 5) is 6.80. The van der Waals surface area contributed by atoms with Gasteiger partial charge in [-0.15, -0.1) is 0 Å². The van der Waals surface area contributed by atoms with Crippen LogP contribution in [0.15, 0.2) is 23.2 Å².